The van der Waals surface area contributed by atoms with E-state index in [2.05, 4.69) is 20.3 Å². The van der Waals surface area contributed by atoms with Crippen molar-refractivity contribution in [3.8, 4) is 0 Å². The zero-order valence-corrected chi connectivity index (χ0v) is 14.4. The molecule has 2 aliphatic rings. The summed E-state index contributed by atoms with van der Waals surface area (Å²) in [6.07, 6.45) is 10.9. The van der Waals surface area contributed by atoms with Gasteiger partial charge in [0.1, 0.15) is 6.10 Å². The zero-order valence-electron chi connectivity index (χ0n) is 14.4. The molecule has 0 amide bonds. The predicted molar refractivity (Wildman–Crippen MR) is 91.4 cm³/mol. The second kappa shape index (κ2) is 7.81. The molecule has 2 heterocycles. The Morgan fingerprint density at radius 1 is 1.39 bits per heavy atom. The molecule has 1 saturated carbocycles. The molecule has 1 aromatic rings. The fraction of sp³-hybridized carbons (Fsp3) is 0.765. The van der Waals surface area contributed by atoms with E-state index in [9.17, 15) is 0 Å². The summed E-state index contributed by atoms with van der Waals surface area (Å²) in [5.41, 5.74) is 1.14. The van der Waals surface area contributed by atoms with E-state index in [4.69, 9.17) is 4.74 Å². The fourth-order valence-corrected chi connectivity index (χ4v) is 3.61. The summed E-state index contributed by atoms with van der Waals surface area (Å²) in [4.78, 5) is 6.79. The van der Waals surface area contributed by atoms with Crippen LogP contribution in [0.1, 0.15) is 43.8 Å². The van der Waals surface area contributed by atoms with Crippen LogP contribution in [0.5, 0.6) is 0 Å². The molecule has 128 valence electrons. The van der Waals surface area contributed by atoms with Crippen molar-refractivity contribution in [2.45, 2.75) is 38.2 Å². The molecule has 1 atom stereocenters. The summed E-state index contributed by atoms with van der Waals surface area (Å²) in [7, 11) is 3.81. The maximum absolute atomic E-state index is 5.92. The molecule has 1 aliphatic carbocycles. The van der Waals surface area contributed by atoms with Crippen molar-refractivity contribution < 1.29 is 4.74 Å². The highest BCUT2D eigenvalue weighted by atomic mass is 16.5. The van der Waals surface area contributed by atoms with Gasteiger partial charge in [0.2, 0.25) is 0 Å². The van der Waals surface area contributed by atoms with Crippen molar-refractivity contribution >= 4 is 5.96 Å². The van der Waals surface area contributed by atoms with Gasteiger partial charge < -0.3 is 15.0 Å². The number of aliphatic imine (C=N–C) groups is 1. The summed E-state index contributed by atoms with van der Waals surface area (Å²) in [6.45, 7) is 3.49. The second-order valence-corrected chi connectivity index (χ2v) is 6.68. The first-order chi connectivity index (χ1) is 11.3. The Kier molecular flexibility index (Phi) is 5.54. The molecular weight excluding hydrogens is 290 g/mol. The van der Waals surface area contributed by atoms with Gasteiger partial charge >= 0.3 is 0 Å². The van der Waals surface area contributed by atoms with Crippen molar-refractivity contribution in [3.63, 3.8) is 0 Å². The quantitative estimate of drug-likeness (QED) is 0.683. The minimum Gasteiger partial charge on any atom is -0.370 e. The van der Waals surface area contributed by atoms with Crippen molar-refractivity contribution in [2.24, 2.45) is 18.0 Å². The van der Waals surface area contributed by atoms with Gasteiger partial charge in [-0.1, -0.05) is 19.3 Å². The van der Waals surface area contributed by atoms with E-state index in [1.165, 1.54) is 32.1 Å². The Hall–Kier alpha value is -1.56. The molecule has 2 fully saturated rings. The summed E-state index contributed by atoms with van der Waals surface area (Å²) >= 11 is 0. The highest BCUT2D eigenvalue weighted by molar-refractivity contribution is 5.80. The highest BCUT2D eigenvalue weighted by Crippen LogP contribution is 2.24. The fourth-order valence-electron chi connectivity index (χ4n) is 3.61. The molecule has 0 spiro atoms. The average molecular weight is 319 g/mol. The van der Waals surface area contributed by atoms with Crippen LogP contribution in [0.25, 0.3) is 0 Å². The minimum atomic E-state index is 0.0747. The van der Waals surface area contributed by atoms with Crippen molar-refractivity contribution in [1.82, 2.24) is 20.0 Å². The van der Waals surface area contributed by atoms with Crippen LogP contribution in [0.2, 0.25) is 0 Å². The number of hydrogen-bond acceptors (Lipinski definition) is 3. The highest BCUT2D eigenvalue weighted by Gasteiger charge is 2.25. The minimum absolute atomic E-state index is 0.0747. The molecular formula is C17H29N5O. The first-order valence-electron chi connectivity index (χ1n) is 8.82. The molecule has 1 saturated heterocycles. The lowest BCUT2D eigenvalue weighted by atomic mass is 9.89. The third kappa shape index (κ3) is 4.25. The SMILES string of the molecule is CN=C(NCC1CCCCC1)N1CCOC(c2cnn(C)c2)C1. The monoisotopic (exact) mass is 319 g/mol. The summed E-state index contributed by atoms with van der Waals surface area (Å²) < 4.78 is 7.75. The van der Waals surface area contributed by atoms with E-state index in [0.717, 1.165) is 43.7 Å². The number of nitrogens with one attached hydrogen (secondary N) is 1. The van der Waals surface area contributed by atoms with Crippen LogP contribution in [0.15, 0.2) is 17.4 Å². The summed E-state index contributed by atoms with van der Waals surface area (Å²) in [5, 5.41) is 7.84. The van der Waals surface area contributed by atoms with Crippen LogP contribution in [0.3, 0.4) is 0 Å². The third-order valence-corrected chi connectivity index (χ3v) is 4.95. The lowest BCUT2D eigenvalue weighted by Gasteiger charge is -2.35. The molecule has 6 nitrogen and oxygen atoms in total. The Balaban J connectivity index is 1.55. The normalized spacial score (nSPS) is 24.0. The molecule has 6 heteroatoms. The molecule has 23 heavy (non-hydrogen) atoms. The molecule has 0 aromatic carbocycles. The van der Waals surface area contributed by atoms with Crippen molar-refractivity contribution in [1.29, 1.82) is 0 Å². The number of morpholine rings is 1. The smallest absolute Gasteiger partial charge is 0.193 e. The van der Waals surface area contributed by atoms with Crippen LogP contribution in [0.4, 0.5) is 0 Å². The van der Waals surface area contributed by atoms with Crippen LogP contribution in [-0.4, -0.2) is 53.9 Å². The van der Waals surface area contributed by atoms with Crippen molar-refractivity contribution in [3.05, 3.63) is 18.0 Å². The lowest BCUT2D eigenvalue weighted by Crippen LogP contribution is -2.49. The van der Waals surface area contributed by atoms with Gasteiger partial charge in [0.25, 0.3) is 0 Å². The maximum Gasteiger partial charge on any atom is 0.193 e. The van der Waals surface area contributed by atoms with E-state index < -0.39 is 0 Å². The standard InChI is InChI=1S/C17H29N5O/c1-18-17(19-10-14-6-4-3-5-7-14)22-8-9-23-16(13-22)15-11-20-21(2)12-15/h11-12,14,16H,3-10,13H2,1-2H3,(H,18,19). The van der Waals surface area contributed by atoms with Crippen LogP contribution in [-0.2, 0) is 11.8 Å². The van der Waals surface area contributed by atoms with Gasteiger partial charge in [0, 0.05) is 38.9 Å². The molecule has 1 N–H and O–H groups in total. The molecule has 1 aromatic heterocycles. The first-order valence-corrected chi connectivity index (χ1v) is 8.82. The largest absolute Gasteiger partial charge is 0.370 e. The number of ether oxygens (including phenoxy) is 1. The molecule has 3 rings (SSSR count). The van der Waals surface area contributed by atoms with Gasteiger partial charge in [-0.3, -0.25) is 9.67 Å². The maximum atomic E-state index is 5.92. The van der Waals surface area contributed by atoms with E-state index in [-0.39, 0.29) is 6.10 Å². The Morgan fingerprint density at radius 3 is 2.91 bits per heavy atom. The third-order valence-electron chi connectivity index (χ3n) is 4.95. The van der Waals surface area contributed by atoms with Gasteiger partial charge in [-0.05, 0) is 18.8 Å². The van der Waals surface area contributed by atoms with Crippen LogP contribution < -0.4 is 5.32 Å². The number of guanidine groups is 1. The topological polar surface area (TPSA) is 54.7 Å². The second-order valence-electron chi connectivity index (χ2n) is 6.68. The van der Waals surface area contributed by atoms with Crippen molar-refractivity contribution in [2.75, 3.05) is 33.3 Å². The first kappa shape index (κ1) is 16.3. The van der Waals surface area contributed by atoms with Crippen LogP contribution in [0, 0.1) is 5.92 Å². The summed E-state index contributed by atoms with van der Waals surface area (Å²) in [5.74, 6) is 1.81. The number of nitrogens with zero attached hydrogens (tertiary/aromatic N) is 4. The Bertz CT molecular complexity index is 521. The number of aryl methyl sites for hydroxylation is 1. The summed E-state index contributed by atoms with van der Waals surface area (Å²) in [6, 6.07) is 0. The molecule has 0 bridgehead atoms. The molecule has 1 unspecified atom stereocenters. The van der Waals surface area contributed by atoms with Gasteiger partial charge in [0.15, 0.2) is 5.96 Å². The van der Waals surface area contributed by atoms with Gasteiger partial charge in [0.05, 0.1) is 19.3 Å². The van der Waals surface area contributed by atoms with Crippen LogP contribution >= 0.6 is 0 Å². The number of hydrogen-bond donors (Lipinski definition) is 1. The van der Waals surface area contributed by atoms with E-state index in [1.54, 1.807) is 0 Å². The van der Waals surface area contributed by atoms with E-state index >= 15 is 0 Å². The van der Waals surface area contributed by atoms with Gasteiger partial charge in [-0.25, -0.2) is 0 Å². The average Bonchev–Trinajstić information content (AvgIpc) is 3.03. The Labute approximate surface area is 138 Å². The molecule has 1 aliphatic heterocycles. The van der Waals surface area contributed by atoms with E-state index in [1.807, 2.05) is 31.2 Å². The Morgan fingerprint density at radius 2 is 2.22 bits per heavy atom. The number of aromatic nitrogens is 2. The van der Waals surface area contributed by atoms with E-state index in [0.29, 0.717) is 0 Å². The lowest BCUT2D eigenvalue weighted by molar-refractivity contribution is -0.00810. The predicted octanol–water partition coefficient (Wildman–Crippen LogP) is 1.95. The zero-order chi connectivity index (χ0) is 16.1. The van der Waals surface area contributed by atoms with Gasteiger partial charge in [-0.15, -0.1) is 0 Å². The van der Waals surface area contributed by atoms with Gasteiger partial charge in [-0.2, -0.15) is 5.10 Å². The number of rotatable bonds is 3. The molecule has 0 radical (unpaired) electrons.